The number of rotatable bonds is 18. The molecule has 25 heavy (non-hydrogen) atoms. The summed E-state index contributed by atoms with van der Waals surface area (Å²) in [6.07, 6.45) is 16.3. The molecule has 0 unspecified atom stereocenters. The van der Waals surface area contributed by atoms with Gasteiger partial charge in [-0.3, -0.25) is 4.79 Å². The Morgan fingerprint density at radius 3 is 1.52 bits per heavy atom. The predicted molar refractivity (Wildman–Crippen MR) is 104 cm³/mol. The Hall–Kier alpha value is -0.610. The Morgan fingerprint density at radius 2 is 1.12 bits per heavy atom. The molecule has 0 aromatic carbocycles. The molecule has 150 valence electrons. The van der Waals surface area contributed by atoms with E-state index in [0.29, 0.717) is 6.42 Å². The summed E-state index contributed by atoms with van der Waals surface area (Å²) in [5.74, 6) is 0.533. The largest absolute Gasteiger partial charge is 0.457 e. The van der Waals surface area contributed by atoms with Crippen molar-refractivity contribution < 1.29 is 19.7 Å². The molecular weight excluding hydrogens is 316 g/mol. The summed E-state index contributed by atoms with van der Waals surface area (Å²) in [6, 6.07) is 0. The molecule has 4 nitrogen and oxygen atoms in total. The first kappa shape index (κ1) is 24.4. The summed E-state index contributed by atoms with van der Waals surface area (Å²) in [6.45, 7) is 3.96. The average Bonchev–Trinajstić information content (AvgIpc) is 2.59. The minimum atomic E-state index is -0.761. The molecule has 2 N–H and O–H groups in total. The molecular formula is C21H42O4. The molecule has 0 atom stereocenters. The van der Waals surface area contributed by atoms with Gasteiger partial charge in [-0.2, -0.15) is 0 Å². The summed E-state index contributed by atoms with van der Waals surface area (Å²) < 4.78 is 4.93. The van der Waals surface area contributed by atoms with Crippen molar-refractivity contribution in [3.63, 3.8) is 0 Å². The van der Waals surface area contributed by atoms with Gasteiger partial charge in [0.1, 0.15) is 6.10 Å². The van der Waals surface area contributed by atoms with E-state index in [4.69, 9.17) is 14.9 Å². The van der Waals surface area contributed by atoms with Crippen LogP contribution in [-0.4, -0.2) is 35.5 Å². The van der Waals surface area contributed by atoms with Crippen molar-refractivity contribution >= 4 is 5.97 Å². The van der Waals surface area contributed by atoms with Crippen molar-refractivity contribution in [2.45, 2.75) is 110 Å². The van der Waals surface area contributed by atoms with Crippen molar-refractivity contribution in [1.82, 2.24) is 0 Å². The quantitative estimate of drug-likeness (QED) is 0.267. The molecule has 0 bridgehead atoms. The van der Waals surface area contributed by atoms with Gasteiger partial charge in [0.2, 0.25) is 0 Å². The second-order valence-corrected chi connectivity index (χ2v) is 7.65. The molecule has 0 amide bonds. The molecule has 0 rings (SSSR count). The van der Waals surface area contributed by atoms with Crippen LogP contribution in [0.5, 0.6) is 0 Å². The molecule has 0 fully saturated rings. The fraction of sp³-hybridized carbons (Fsp3) is 0.952. The zero-order chi connectivity index (χ0) is 18.8. The second kappa shape index (κ2) is 18.2. The monoisotopic (exact) mass is 358 g/mol. The molecule has 0 spiro atoms. The van der Waals surface area contributed by atoms with Crippen LogP contribution in [0.1, 0.15) is 104 Å². The van der Waals surface area contributed by atoms with E-state index >= 15 is 0 Å². The first-order chi connectivity index (χ1) is 12.1. The number of carbonyl (C=O) groups is 1. The Balaban J connectivity index is 3.20. The number of aliphatic hydroxyl groups excluding tert-OH is 2. The molecule has 0 aliphatic heterocycles. The van der Waals surface area contributed by atoms with Gasteiger partial charge in [0.15, 0.2) is 0 Å². The van der Waals surface area contributed by atoms with E-state index in [0.717, 1.165) is 18.8 Å². The molecule has 0 saturated heterocycles. The molecule has 0 aromatic rings. The lowest BCUT2D eigenvalue weighted by atomic mass is 10.0. The van der Waals surface area contributed by atoms with Gasteiger partial charge in [-0.1, -0.05) is 90.9 Å². The lowest BCUT2D eigenvalue weighted by Gasteiger charge is -2.12. The Bertz CT molecular complexity index is 288. The molecule has 4 heteroatoms. The maximum absolute atomic E-state index is 11.5. The van der Waals surface area contributed by atoms with Crippen molar-refractivity contribution in [3.8, 4) is 0 Å². The standard InChI is InChI=1S/C21H42O4/c1-19(2)15-13-11-9-7-5-3-4-6-8-10-12-14-16-21(24)25-20(17-22)18-23/h19-20,22-23H,3-18H2,1-2H3. The maximum atomic E-state index is 11.5. The van der Waals surface area contributed by atoms with Crippen LogP contribution in [0.25, 0.3) is 0 Å². The summed E-state index contributed by atoms with van der Waals surface area (Å²) >= 11 is 0. The average molecular weight is 359 g/mol. The third-order valence-electron chi connectivity index (χ3n) is 4.62. The third kappa shape index (κ3) is 18.0. The fourth-order valence-corrected chi connectivity index (χ4v) is 2.97. The molecule has 0 aliphatic rings. The Kier molecular flexibility index (Phi) is 17.7. The summed E-state index contributed by atoms with van der Waals surface area (Å²) in [4.78, 5) is 11.5. The summed E-state index contributed by atoms with van der Waals surface area (Å²) in [7, 11) is 0. The van der Waals surface area contributed by atoms with Crippen LogP contribution in [0.15, 0.2) is 0 Å². The normalized spacial score (nSPS) is 11.4. The van der Waals surface area contributed by atoms with Gasteiger partial charge in [-0.25, -0.2) is 0 Å². The second-order valence-electron chi connectivity index (χ2n) is 7.65. The van der Waals surface area contributed by atoms with Gasteiger partial charge in [-0.05, 0) is 12.3 Å². The minimum Gasteiger partial charge on any atom is -0.457 e. The maximum Gasteiger partial charge on any atom is 0.306 e. The van der Waals surface area contributed by atoms with E-state index in [1.807, 2.05) is 0 Å². The number of hydrogen-bond acceptors (Lipinski definition) is 4. The third-order valence-corrected chi connectivity index (χ3v) is 4.62. The molecule has 0 aromatic heterocycles. The van der Waals surface area contributed by atoms with Crippen LogP contribution in [0, 0.1) is 5.92 Å². The number of carbonyl (C=O) groups excluding carboxylic acids is 1. The highest BCUT2D eigenvalue weighted by molar-refractivity contribution is 5.69. The molecule has 0 heterocycles. The number of ether oxygens (including phenoxy) is 1. The van der Waals surface area contributed by atoms with Gasteiger partial charge in [0, 0.05) is 6.42 Å². The summed E-state index contributed by atoms with van der Waals surface area (Å²) in [5, 5.41) is 17.7. The lowest BCUT2D eigenvalue weighted by Crippen LogP contribution is -2.25. The number of esters is 1. The first-order valence-electron chi connectivity index (χ1n) is 10.5. The minimum absolute atomic E-state index is 0.318. The van der Waals surface area contributed by atoms with Crippen LogP contribution >= 0.6 is 0 Å². The highest BCUT2D eigenvalue weighted by Crippen LogP contribution is 2.14. The van der Waals surface area contributed by atoms with Crippen LogP contribution in [0.4, 0.5) is 0 Å². The van der Waals surface area contributed by atoms with Crippen molar-refractivity contribution in [1.29, 1.82) is 0 Å². The highest BCUT2D eigenvalue weighted by Gasteiger charge is 2.11. The van der Waals surface area contributed by atoms with E-state index in [1.54, 1.807) is 0 Å². The van der Waals surface area contributed by atoms with Crippen LogP contribution in [-0.2, 0) is 9.53 Å². The highest BCUT2D eigenvalue weighted by atomic mass is 16.6. The van der Waals surface area contributed by atoms with Gasteiger partial charge >= 0.3 is 5.97 Å². The van der Waals surface area contributed by atoms with Gasteiger partial charge in [0.05, 0.1) is 13.2 Å². The van der Waals surface area contributed by atoms with E-state index in [-0.39, 0.29) is 19.2 Å². The van der Waals surface area contributed by atoms with E-state index in [1.165, 1.54) is 70.6 Å². The zero-order valence-corrected chi connectivity index (χ0v) is 16.7. The van der Waals surface area contributed by atoms with Gasteiger partial charge in [0.25, 0.3) is 0 Å². The van der Waals surface area contributed by atoms with Crippen molar-refractivity contribution in [2.24, 2.45) is 5.92 Å². The van der Waals surface area contributed by atoms with Crippen molar-refractivity contribution in [3.05, 3.63) is 0 Å². The molecule has 0 saturated carbocycles. The molecule has 0 aliphatic carbocycles. The van der Waals surface area contributed by atoms with Gasteiger partial charge < -0.3 is 14.9 Å². The van der Waals surface area contributed by atoms with Crippen molar-refractivity contribution in [2.75, 3.05) is 13.2 Å². The molecule has 0 radical (unpaired) electrons. The van der Waals surface area contributed by atoms with E-state index in [9.17, 15) is 4.79 Å². The summed E-state index contributed by atoms with van der Waals surface area (Å²) in [5.41, 5.74) is 0. The Morgan fingerprint density at radius 1 is 0.720 bits per heavy atom. The lowest BCUT2D eigenvalue weighted by molar-refractivity contribution is -0.153. The Labute approximate surface area is 155 Å². The predicted octanol–water partition coefficient (Wildman–Crippen LogP) is 5.00. The first-order valence-corrected chi connectivity index (χ1v) is 10.5. The number of unbranched alkanes of at least 4 members (excludes halogenated alkanes) is 11. The van der Waals surface area contributed by atoms with Crippen LogP contribution in [0.2, 0.25) is 0 Å². The SMILES string of the molecule is CC(C)CCCCCCCCCCCCCCC(=O)OC(CO)CO. The topological polar surface area (TPSA) is 66.8 Å². The van der Waals surface area contributed by atoms with Gasteiger partial charge in [-0.15, -0.1) is 0 Å². The fourth-order valence-electron chi connectivity index (χ4n) is 2.97. The number of hydrogen-bond donors (Lipinski definition) is 2. The van der Waals surface area contributed by atoms with E-state index < -0.39 is 6.10 Å². The smallest absolute Gasteiger partial charge is 0.306 e. The van der Waals surface area contributed by atoms with Crippen LogP contribution < -0.4 is 0 Å². The zero-order valence-electron chi connectivity index (χ0n) is 16.7. The van der Waals surface area contributed by atoms with E-state index in [2.05, 4.69) is 13.8 Å². The van der Waals surface area contributed by atoms with Crippen LogP contribution in [0.3, 0.4) is 0 Å². The number of aliphatic hydroxyl groups is 2.